The Morgan fingerprint density at radius 3 is 2.41 bits per heavy atom. The van der Waals surface area contributed by atoms with Crippen molar-refractivity contribution in [2.24, 2.45) is 11.8 Å². The van der Waals surface area contributed by atoms with Gasteiger partial charge in [0.25, 0.3) is 0 Å². The Hall–Kier alpha value is -1.73. The molecule has 1 N–H and O–H groups in total. The van der Waals surface area contributed by atoms with Gasteiger partial charge in [-0.25, -0.2) is 15.0 Å². The number of hydrogen-bond donors (Lipinski definition) is 1. The number of rotatable bonds is 9. The molecule has 0 aliphatic carbocycles. The standard InChI is InChI=1S/C20H33N5O2/c1-14(2)7-9-24(10-8-15(3)4)19-18-20(22-12-21-19)25(13-23-18)17-6-5-16(11-26)27-17/h12-17,26H,5-11H2,1-4H3. The monoisotopic (exact) mass is 375 g/mol. The fourth-order valence-corrected chi connectivity index (χ4v) is 3.46. The number of fused-ring (bicyclic) bond motifs is 1. The van der Waals surface area contributed by atoms with E-state index in [1.165, 1.54) is 0 Å². The largest absolute Gasteiger partial charge is 0.394 e. The molecule has 1 fully saturated rings. The molecule has 1 aliphatic heterocycles. The van der Waals surface area contributed by atoms with Gasteiger partial charge in [0, 0.05) is 13.1 Å². The molecular weight excluding hydrogens is 342 g/mol. The Labute approximate surface area is 161 Å². The molecule has 3 heterocycles. The van der Waals surface area contributed by atoms with Gasteiger partial charge >= 0.3 is 0 Å². The van der Waals surface area contributed by atoms with Crippen molar-refractivity contribution in [3.05, 3.63) is 12.7 Å². The fourth-order valence-electron chi connectivity index (χ4n) is 3.46. The number of aliphatic hydroxyl groups is 1. The van der Waals surface area contributed by atoms with Crippen molar-refractivity contribution >= 4 is 17.0 Å². The van der Waals surface area contributed by atoms with Gasteiger partial charge in [-0.2, -0.15) is 0 Å². The van der Waals surface area contributed by atoms with E-state index < -0.39 is 0 Å². The van der Waals surface area contributed by atoms with Crippen LogP contribution in [-0.4, -0.2) is 50.4 Å². The van der Waals surface area contributed by atoms with E-state index in [-0.39, 0.29) is 18.9 Å². The van der Waals surface area contributed by atoms with Crippen molar-refractivity contribution < 1.29 is 9.84 Å². The van der Waals surface area contributed by atoms with Crippen molar-refractivity contribution in [2.75, 3.05) is 24.6 Å². The fraction of sp³-hybridized carbons (Fsp3) is 0.750. The molecule has 150 valence electrons. The summed E-state index contributed by atoms with van der Waals surface area (Å²) in [6.45, 7) is 11.0. The molecule has 2 aromatic rings. The second-order valence-electron chi connectivity index (χ2n) is 8.35. The topological polar surface area (TPSA) is 76.3 Å². The van der Waals surface area contributed by atoms with Crippen LogP contribution in [0.5, 0.6) is 0 Å². The van der Waals surface area contributed by atoms with E-state index in [1.54, 1.807) is 12.7 Å². The average molecular weight is 376 g/mol. The molecule has 3 rings (SSSR count). The summed E-state index contributed by atoms with van der Waals surface area (Å²) < 4.78 is 7.91. The first-order valence-electron chi connectivity index (χ1n) is 10.2. The van der Waals surface area contributed by atoms with E-state index >= 15 is 0 Å². The Morgan fingerprint density at radius 1 is 1.11 bits per heavy atom. The highest BCUT2D eigenvalue weighted by molar-refractivity contribution is 5.83. The second-order valence-corrected chi connectivity index (χ2v) is 8.35. The van der Waals surface area contributed by atoms with E-state index in [9.17, 15) is 5.11 Å². The summed E-state index contributed by atoms with van der Waals surface area (Å²) in [4.78, 5) is 16.1. The molecule has 0 bridgehead atoms. The molecular formula is C20H33N5O2. The summed E-state index contributed by atoms with van der Waals surface area (Å²) >= 11 is 0. The predicted molar refractivity (Wildman–Crippen MR) is 107 cm³/mol. The zero-order valence-corrected chi connectivity index (χ0v) is 17.0. The van der Waals surface area contributed by atoms with Crippen molar-refractivity contribution in [1.82, 2.24) is 19.5 Å². The maximum Gasteiger partial charge on any atom is 0.167 e. The number of aromatic nitrogens is 4. The normalized spacial score (nSPS) is 20.3. The number of anilines is 1. The molecule has 0 amide bonds. The maximum atomic E-state index is 9.34. The lowest BCUT2D eigenvalue weighted by atomic mass is 10.1. The van der Waals surface area contributed by atoms with Gasteiger partial charge in [0.1, 0.15) is 12.6 Å². The first kappa shape index (κ1) is 20.0. The van der Waals surface area contributed by atoms with Crippen LogP contribution < -0.4 is 4.90 Å². The van der Waals surface area contributed by atoms with Crippen LogP contribution in [0.4, 0.5) is 5.82 Å². The van der Waals surface area contributed by atoms with E-state index in [4.69, 9.17) is 4.74 Å². The summed E-state index contributed by atoms with van der Waals surface area (Å²) in [6.07, 6.45) is 7.18. The molecule has 27 heavy (non-hydrogen) atoms. The highest BCUT2D eigenvalue weighted by atomic mass is 16.5. The number of aliphatic hydroxyl groups excluding tert-OH is 1. The van der Waals surface area contributed by atoms with Gasteiger partial charge in [0.05, 0.1) is 19.0 Å². The first-order valence-corrected chi connectivity index (χ1v) is 10.2. The third-order valence-electron chi connectivity index (χ3n) is 5.19. The van der Waals surface area contributed by atoms with Gasteiger partial charge in [-0.1, -0.05) is 27.7 Å². The molecule has 0 spiro atoms. The lowest BCUT2D eigenvalue weighted by Gasteiger charge is -2.25. The Balaban J connectivity index is 1.88. The van der Waals surface area contributed by atoms with Crippen LogP contribution in [0.25, 0.3) is 11.2 Å². The maximum absolute atomic E-state index is 9.34. The second kappa shape index (κ2) is 8.97. The quantitative estimate of drug-likeness (QED) is 0.724. The van der Waals surface area contributed by atoms with Crippen molar-refractivity contribution in [3.63, 3.8) is 0 Å². The molecule has 2 aromatic heterocycles. The number of ether oxygens (including phenoxy) is 1. The number of imidazole rings is 1. The molecule has 0 radical (unpaired) electrons. The third-order valence-corrected chi connectivity index (χ3v) is 5.19. The average Bonchev–Trinajstić information content (AvgIpc) is 3.27. The number of nitrogens with zero attached hydrogens (tertiary/aromatic N) is 5. The lowest BCUT2D eigenvalue weighted by molar-refractivity contribution is -0.0207. The third kappa shape index (κ3) is 4.76. The smallest absolute Gasteiger partial charge is 0.167 e. The van der Waals surface area contributed by atoms with Crippen LogP contribution in [0.2, 0.25) is 0 Å². The van der Waals surface area contributed by atoms with Crippen molar-refractivity contribution in [3.8, 4) is 0 Å². The van der Waals surface area contributed by atoms with Gasteiger partial charge < -0.3 is 14.7 Å². The SMILES string of the molecule is CC(C)CCN(CCC(C)C)c1ncnc2c1ncn2C1CCC(CO)O1. The van der Waals surface area contributed by atoms with Crippen molar-refractivity contribution in [1.29, 1.82) is 0 Å². The van der Waals surface area contributed by atoms with Crippen LogP contribution in [0.15, 0.2) is 12.7 Å². The minimum Gasteiger partial charge on any atom is -0.394 e. The summed E-state index contributed by atoms with van der Waals surface area (Å²) in [7, 11) is 0. The molecule has 7 nitrogen and oxygen atoms in total. The number of hydrogen-bond acceptors (Lipinski definition) is 6. The minimum absolute atomic E-state index is 0.0571. The van der Waals surface area contributed by atoms with Crippen LogP contribution >= 0.6 is 0 Å². The van der Waals surface area contributed by atoms with Crippen molar-refractivity contribution in [2.45, 2.75) is 65.7 Å². The molecule has 1 saturated heterocycles. The Kier molecular flexibility index (Phi) is 6.65. The lowest BCUT2D eigenvalue weighted by Crippen LogP contribution is -2.28. The zero-order chi connectivity index (χ0) is 19.4. The van der Waals surface area contributed by atoms with Gasteiger partial charge in [0.2, 0.25) is 0 Å². The van der Waals surface area contributed by atoms with E-state index in [1.807, 2.05) is 4.57 Å². The summed E-state index contributed by atoms with van der Waals surface area (Å²) in [5, 5.41) is 9.34. The van der Waals surface area contributed by atoms with Gasteiger partial charge in [-0.3, -0.25) is 4.57 Å². The van der Waals surface area contributed by atoms with Gasteiger partial charge in [0.15, 0.2) is 17.0 Å². The molecule has 1 aliphatic rings. The zero-order valence-electron chi connectivity index (χ0n) is 17.0. The molecule has 7 heteroatoms. The summed E-state index contributed by atoms with van der Waals surface area (Å²) in [5.41, 5.74) is 1.64. The summed E-state index contributed by atoms with van der Waals surface area (Å²) in [6, 6.07) is 0. The van der Waals surface area contributed by atoms with Crippen LogP contribution in [0.1, 0.15) is 59.6 Å². The molecule has 2 unspecified atom stereocenters. The van der Waals surface area contributed by atoms with Crippen LogP contribution in [0.3, 0.4) is 0 Å². The Bertz CT molecular complexity index is 718. The molecule has 2 atom stereocenters. The molecule has 0 saturated carbocycles. The highest BCUT2D eigenvalue weighted by Gasteiger charge is 2.28. The molecule has 0 aromatic carbocycles. The summed E-state index contributed by atoms with van der Waals surface area (Å²) in [5.74, 6) is 2.20. The van der Waals surface area contributed by atoms with E-state index in [2.05, 4.69) is 47.5 Å². The highest BCUT2D eigenvalue weighted by Crippen LogP contribution is 2.32. The van der Waals surface area contributed by atoms with E-state index in [0.717, 1.165) is 55.8 Å². The van der Waals surface area contributed by atoms with Gasteiger partial charge in [-0.15, -0.1) is 0 Å². The van der Waals surface area contributed by atoms with Gasteiger partial charge in [-0.05, 0) is 37.5 Å². The first-order chi connectivity index (χ1) is 13.0. The van der Waals surface area contributed by atoms with Crippen LogP contribution in [-0.2, 0) is 4.74 Å². The minimum atomic E-state index is -0.116. The Morgan fingerprint density at radius 2 is 1.81 bits per heavy atom. The van der Waals surface area contributed by atoms with Crippen LogP contribution in [0, 0.1) is 11.8 Å². The predicted octanol–water partition coefficient (Wildman–Crippen LogP) is 3.39. The van der Waals surface area contributed by atoms with E-state index in [0.29, 0.717) is 11.8 Å².